The Morgan fingerprint density at radius 1 is 1.12 bits per heavy atom. The molecular formula is C21H32O4. The van der Waals surface area contributed by atoms with Crippen LogP contribution in [0.25, 0.3) is 0 Å². The van der Waals surface area contributed by atoms with Crippen LogP contribution < -0.4 is 0 Å². The van der Waals surface area contributed by atoms with Crippen LogP contribution in [0.3, 0.4) is 0 Å². The first-order valence-corrected chi connectivity index (χ1v) is 9.51. The fourth-order valence-corrected chi connectivity index (χ4v) is 6.80. The van der Waals surface area contributed by atoms with Crippen molar-refractivity contribution < 1.29 is 19.4 Å². The summed E-state index contributed by atoms with van der Waals surface area (Å²) in [5.41, 5.74) is 0.798. The van der Waals surface area contributed by atoms with Crippen molar-refractivity contribution in [2.24, 2.45) is 28.1 Å². The molecule has 0 aromatic carbocycles. The first-order valence-electron chi connectivity index (χ1n) is 9.51. The second kappa shape index (κ2) is 5.67. The lowest BCUT2D eigenvalue weighted by molar-refractivity contribution is -0.158. The first kappa shape index (κ1) is 18.6. The lowest BCUT2D eigenvalue weighted by Gasteiger charge is -2.62. The molecule has 25 heavy (non-hydrogen) atoms. The molecule has 0 spiro atoms. The van der Waals surface area contributed by atoms with Crippen molar-refractivity contribution in [1.82, 2.24) is 0 Å². The average Bonchev–Trinajstić information content (AvgIpc) is 2.82. The molecule has 4 heteroatoms. The summed E-state index contributed by atoms with van der Waals surface area (Å²) in [5.74, 6) is 0.345. The molecule has 4 nitrogen and oxygen atoms in total. The summed E-state index contributed by atoms with van der Waals surface area (Å²) in [7, 11) is 1.37. The van der Waals surface area contributed by atoms with Crippen LogP contribution in [0.4, 0.5) is 0 Å². The maximum atomic E-state index is 12.9. The van der Waals surface area contributed by atoms with Crippen LogP contribution in [0, 0.1) is 28.1 Å². The Balaban J connectivity index is 2.08. The number of allylic oxidation sites excluding steroid dienone is 1. The van der Waals surface area contributed by atoms with E-state index < -0.39 is 5.97 Å². The zero-order valence-corrected chi connectivity index (χ0v) is 16.4. The third kappa shape index (κ3) is 2.36. The van der Waals surface area contributed by atoms with Crippen molar-refractivity contribution in [2.45, 2.75) is 72.8 Å². The molecule has 0 heterocycles. The monoisotopic (exact) mass is 348 g/mol. The fourth-order valence-electron chi connectivity index (χ4n) is 6.80. The minimum atomic E-state index is -0.392. The van der Waals surface area contributed by atoms with Crippen LogP contribution >= 0.6 is 0 Å². The normalized spacial score (nSPS) is 44.8. The Kier molecular flexibility index (Phi) is 4.22. The largest absolute Gasteiger partial charge is 0.466 e. The third-order valence-corrected chi connectivity index (χ3v) is 8.13. The first-order chi connectivity index (χ1) is 11.5. The number of carbonyl (C=O) groups excluding carboxylic acids is 2. The van der Waals surface area contributed by atoms with Gasteiger partial charge in [0.05, 0.1) is 13.2 Å². The molecule has 5 atom stereocenters. The number of aliphatic hydroxyl groups is 1. The number of aliphatic hydroxyl groups excluding tert-OH is 1. The maximum Gasteiger partial charge on any atom is 0.333 e. The van der Waals surface area contributed by atoms with E-state index in [4.69, 9.17) is 4.74 Å². The predicted octanol–water partition coefficient (Wildman–Crippen LogP) is 3.67. The smallest absolute Gasteiger partial charge is 0.333 e. The molecule has 140 valence electrons. The third-order valence-electron chi connectivity index (χ3n) is 8.13. The number of esters is 1. The van der Waals surface area contributed by atoms with Crippen molar-refractivity contribution in [1.29, 1.82) is 0 Å². The van der Waals surface area contributed by atoms with Gasteiger partial charge in [-0.05, 0) is 55.3 Å². The highest BCUT2D eigenvalue weighted by Gasteiger charge is 2.64. The van der Waals surface area contributed by atoms with E-state index in [9.17, 15) is 14.7 Å². The van der Waals surface area contributed by atoms with Crippen LogP contribution in [0.1, 0.15) is 66.7 Å². The van der Waals surface area contributed by atoms with Crippen LogP contribution in [0.2, 0.25) is 0 Å². The predicted molar refractivity (Wildman–Crippen MR) is 95.8 cm³/mol. The highest BCUT2D eigenvalue weighted by molar-refractivity contribution is 6.06. The number of ketones is 1. The van der Waals surface area contributed by atoms with Gasteiger partial charge in [0.15, 0.2) is 5.78 Å². The van der Waals surface area contributed by atoms with E-state index in [0.29, 0.717) is 23.5 Å². The summed E-state index contributed by atoms with van der Waals surface area (Å²) in [6, 6.07) is 0. The van der Waals surface area contributed by atoms with Gasteiger partial charge in [0.1, 0.15) is 0 Å². The van der Waals surface area contributed by atoms with Crippen molar-refractivity contribution in [3.8, 4) is 0 Å². The molecule has 0 saturated heterocycles. The van der Waals surface area contributed by atoms with Gasteiger partial charge < -0.3 is 9.84 Å². The standard InChI is InChI=1S/C21H32O4/c1-12(18(24)25-6)17-13(22)11-15-20(4)10-8-16(23)19(2,3)14(20)7-9-21(15,17)5/h14-16,23H,7-11H2,1-6H3. The second-order valence-electron chi connectivity index (χ2n) is 9.56. The van der Waals surface area contributed by atoms with E-state index in [1.165, 1.54) is 7.11 Å². The molecule has 1 N–H and O–H groups in total. The van der Waals surface area contributed by atoms with Crippen molar-refractivity contribution >= 4 is 11.8 Å². The van der Waals surface area contributed by atoms with Gasteiger partial charge >= 0.3 is 5.97 Å². The number of rotatable bonds is 1. The summed E-state index contributed by atoms with van der Waals surface area (Å²) < 4.78 is 4.89. The summed E-state index contributed by atoms with van der Waals surface area (Å²) in [4.78, 5) is 25.0. The average molecular weight is 348 g/mol. The number of hydrogen-bond donors (Lipinski definition) is 1. The number of Topliss-reactive ketones (excluding diaryl/α,β-unsaturated/α-hetero) is 1. The van der Waals surface area contributed by atoms with E-state index in [0.717, 1.165) is 25.7 Å². The quantitative estimate of drug-likeness (QED) is 0.580. The van der Waals surface area contributed by atoms with E-state index in [2.05, 4.69) is 27.7 Å². The van der Waals surface area contributed by atoms with Crippen molar-refractivity contribution in [2.75, 3.05) is 7.11 Å². The highest BCUT2D eigenvalue weighted by Crippen LogP contribution is 2.69. The van der Waals surface area contributed by atoms with Gasteiger partial charge in [-0.15, -0.1) is 0 Å². The zero-order valence-electron chi connectivity index (χ0n) is 16.4. The molecule has 3 fully saturated rings. The Morgan fingerprint density at radius 3 is 2.36 bits per heavy atom. The van der Waals surface area contributed by atoms with E-state index in [1.54, 1.807) is 6.92 Å². The zero-order chi connectivity index (χ0) is 18.8. The van der Waals surface area contributed by atoms with Gasteiger partial charge in [-0.2, -0.15) is 0 Å². The summed E-state index contributed by atoms with van der Waals surface area (Å²) in [6.07, 6.45) is 3.84. The number of methoxy groups -OCH3 is 1. The Hall–Kier alpha value is -1.16. The van der Waals surface area contributed by atoms with E-state index in [-0.39, 0.29) is 34.1 Å². The number of fused-ring (bicyclic) bond motifs is 3. The van der Waals surface area contributed by atoms with Gasteiger partial charge in [-0.1, -0.05) is 27.7 Å². The number of carbonyl (C=O) groups is 2. The van der Waals surface area contributed by atoms with Gasteiger partial charge in [0, 0.05) is 23.0 Å². The minimum absolute atomic E-state index is 0.0174. The molecule has 3 aliphatic carbocycles. The number of hydrogen-bond acceptors (Lipinski definition) is 4. The summed E-state index contributed by atoms with van der Waals surface area (Å²) >= 11 is 0. The lowest BCUT2D eigenvalue weighted by Crippen LogP contribution is -2.57. The highest BCUT2D eigenvalue weighted by atomic mass is 16.5. The van der Waals surface area contributed by atoms with Gasteiger partial charge in [-0.3, -0.25) is 4.79 Å². The van der Waals surface area contributed by atoms with E-state index >= 15 is 0 Å². The SMILES string of the molecule is COC(=O)C(C)=C1C(=O)CC2C1(C)CCC1C(C)(C)C(O)CCC21C. The maximum absolute atomic E-state index is 12.9. The Bertz CT molecular complexity index is 646. The lowest BCUT2D eigenvalue weighted by atomic mass is 9.43. The molecule has 0 amide bonds. The molecular weight excluding hydrogens is 316 g/mol. The molecule has 3 rings (SSSR count). The summed E-state index contributed by atoms with van der Waals surface area (Å²) in [6.45, 7) is 10.6. The van der Waals surface area contributed by atoms with Crippen molar-refractivity contribution in [3.63, 3.8) is 0 Å². The molecule has 0 radical (unpaired) electrons. The molecule has 5 unspecified atom stereocenters. The molecule has 0 bridgehead atoms. The Morgan fingerprint density at radius 2 is 1.76 bits per heavy atom. The van der Waals surface area contributed by atoms with E-state index in [1.807, 2.05) is 0 Å². The molecule has 0 aromatic rings. The molecule has 3 aliphatic rings. The Labute approximate surface area is 151 Å². The van der Waals surface area contributed by atoms with Crippen LogP contribution in [-0.4, -0.2) is 30.1 Å². The van der Waals surface area contributed by atoms with Gasteiger partial charge in [0.2, 0.25) is 0 Å². The van der Waals surface area contributed by atoms with Gasteiger partial charge in [-0.25, -0.2) is 4.79 Å². The number of ether oxygens (including phenoxy) is 1. The second-order valence-corrected chi connectivity index (χ2v) is 9.56. The molecule has 0 aromatic heterocycles. The summed E-state index contributed by atoms with van der Waals surface area (Å²) in [5, 5.41) is 10.6. The molecule has 0 aliphatic heterocycles. The minimum Gasteiger partial charge on any atom is -0.466 e. The topological polar surface area (TPSA) is 63.6 Å². The van der Waals surface area contributed by atoms with Crippen LogP contribution in [-0.2, 0) is 14.3 Å². The fraction of sp³-hybridized carbons (Fsp3) is 0.810. The van der Waals surface area contributed by atoms with Crippen LogP contribution in [0.15, 0.2) is 11.1 Å². The van der Waals surface area contributed by atoms with Crippen LogP contribution in [0.5, 0.6) is 0 Å². The molecule has 3 saturated carbocycles. The van der Waals surface area contributed by atoms with Crippen molar-refractivity contribution in [3.05, 3.63) is 11.1 Å². The van der Waals surface area contributed by atoms with Gasteiger partial charge in [0.25, 0.3) is 0 Å².